The third-order valence-corrected chi connectivity index (χ3v) is 5.72. The van der Waals surface area contributed by atoms with Gasteiger partial charge in [-0.2, -0.15) is 0 Å². The summed E-state index contributed by atoms with van der Waals surface area (Å²) in [7, 11) is 0. The predicted molar refractivity (Wildman–Crippen MR) is 94.9 cm³/mol. The number of para-hydroxylation sites is 1. The molecule has 0 aromatic heterocycles. The van der Waals surface area contributed by atoms with Crippen LogP contribution in [-0.2, 0) is 15.1 Å². The van der Waals surface area contributed by atoms with E-state index in [-0.39, 0.29) is 23.6 Å². The maximum absolute atomic E-state index is 13.1. The number of nitrogens with zero attached hydrogens (tertiary/aromatic N) is 1. The van der Waals surface area contributed by atoms with E-state index >= 15 is 0 Å². The lowest BCUT2D eigenvalue weighted by molar-refractivity contribution is -0.385. The Morgan fingerprint density at radius 3 is 2.88 bits per heavy atom. The molecule has 0 aliphatic carbocycles. The number of rotatable bonds is 1. The van der Waals surface area contributed by atoms with E-state index in [4.69, 9.17) is 4.74 Å². The van der Waals surface area contributed by atoms with E-state index < -0.39 is 10.5 Å². The summed E-state index contributed by atoms with van der Waals surface area (Å²) in [6, 6.07) is 12.4. The van der Waals surface area contributed by atoms with Gasteiger partial charge >= 0.3 is 0 Å². The zero-order valence-corrected chi connectivity index (χ0v) is 13.9. The van der Waals surface area contributed by atoms with Crippen molar-refractivity contribution in [2.75, 3.05) is 17.2 Å². The highest BCUT2D eigenvalue weighted by atomic mass is 16.6. The van der Waals surface area contributed by atoms with Crippen LogP contribution in [0.4, 0.5) is 17.1 Å². The van der Waals surface area contributed by atoms with Gasteiger partial charge in [0.25, 0.3) is 11.6 Å². The van der Waals surface area contributed by atoms with Crippen molar-refractivity contribution >= 4 is 23.0 Å². The molecule has 1 unspecified atom stereocenters. The molecule has 2 aromatic carbocycles. The van der Waals surface area contributed by atoms with Gasteiger partial charge in [-0.3, -0.25) is 14.9 Å². The van der Waals surface area contributed by atoms with Crippen molar-refractivity contribution in [2.24, 2.45) is 5.92 Å². The molecule has 3 heterocycles. The lowest BCUT2D eigenvalue weighted by Crippen LogP contribution is -2.54. The first kappa shape index (κ1) is 15.3. The summed E-state index contributed by atoms with van der Waals surface area (Å²) in [6.07, 6.45) is 1.31. The molecule has 1 spiro atoms. The highest BCUT2D eigenvalue weighted by Gasteiger charge is 2.58. The average Bonchev–Trinajstić information content (AvgIpc) is 2.94. The summed E-state index contributed by atoms with van der Waals surface area (Å²) in [4.78, 5) is 23.9. The van der Waals surface area contributed by atoms with Crippen LogP contribution in [0, 0.1) is 16.0 Å². The Balaban J connectivity index is 1.72. The van der Waals surface area contributed by atoms with Gasteiger partial charge in [-0.15, -0.1) is 0 Å². The van der Waals surface area contributed by atoms with Crippen LogP contribution in [0.1, 0.15) is 30.1 Å². The van der Waals surface area contributed by atoms with Crippen LogP contribution in [-0.4, -0.2) is 17.4 Å². The number of hydrogen-bond acceptors (Lipinski definition) is 5. The van der Waals surface area contributed by atoms with E-state index in [1.807, 2.05) is 24.3 Å². The molecule has 2 aromatic rings. The number of nitrogens with one attached hydrogen (secondary N) is 2. The lowest BCUT2D eigenvalue weighted by Gasteiger charge is -2.48. The van der Waals surface area contributed by atoms with E-state index in [2.05, 4.69) is 10.6 Å². The molecule has 5 rings (SSSR count). The highest BCUT2D eigenvalue weighted by Crippen LogP contribution is 2.56. The van der Waals surface area contributed by atoms with Crippen LogP contribution in [0.5, 0.6) is 0 Å². The van der Waals surface area contributed by atoms with E-state index in [9.17, 15) is 14.9 Å². The van der Waals surface area contributed by atoms with Crippen LogP contribution < -0.4 is 10.6 Å². The number of benzene rings is 2. The molecule has 1 fully saturated rings. The minimum absolute atomic E-state index is 0.0331. The first-order valence-corrected chi connectivity index (χ1v) is 8.70. The molecule has 7 nitrogen and oxygen atoms in total. The van der Waals surface area contributed by atoms with Gasteiger partial charge in [0.15, 0.2) is 5.54 Å². The number of anilines is 2. The van der Waals surface area contributed by atoms with Crippen LogP contribution in [0.25, 0.3) is 0 Å². The fourth-order valence-electron chi connectivity index (χ4n) is 4.62. The average molecular weight is 351 g/mol. The molecule has 7 heteroatoms. The number of non-ortho nitro benzene ring substituents is 1. The van der Waals surface area contributed by atoms with Crippen LogP contribution in [0.2, 0.25) is 0 Å². The van der Waals surface area contributed by atoms with E-state index in [1.54, 1.807) is 12.1 Å². The summed E-state index contributed by atoms with van der Waals surface area (Å²) in [5.74, 6) is -0.224. The maximum Gasteiger partial charge on any atom is 0.269 e. The quantitative estimate of drug-likeness (QED) is 0.607. The van der Waals surface area contributed by atoms with Gasteiger partial charge in [-0.1, -0.05) is 18.2 Å². The third-order valence-electron chi connectivity index (χ3n) is 5.72. The van der Waals surface area contributed by atoms with Gasteiger partial charge in [0.2, 0.25) is 0 Å². The van der Waals surface area contributed by atoms with Crippen molar-refractivity contribution in [3.05, 3.63) is 63.7 Å². The lowest BCUT2D eigenvalue weighted by atomic mass is 9.68. The standard InChI is InChI=1S/C19H17N3O4/c23-18-19(13-4-1-2-6-16(13)20-18)14-5-3-9-26-17(14)12-10-11(22(24)25)7-8-15(12)21-19/h1-2,4,6-8,10,14,17,21H,3,5,9H2,(H,20,23)/t14-,17-,19?/m1/s1. The number of ether oxygens (including phenoxy) is 1. The third kappa shape index (κ3) is 1.89. The van der Waals surface area contributed by atoms with Crippen molar-refractivity contribution in [1.82, 2.24) is 0 Å². The van der Waals surface area contributed by atoms with E-state index in [1.165, 1.54) is 6.07 Å². The largest absolute Gasteiger partial charge is 0.373 e. The molecule has 0 bridgehead atoms. The number of nitro benzene ring substituents is 1. The van der Waals surface area contributed by atoms with Gasteiger partial charge in [-0.25, -0.2) is 0 Å². The fraction of sp³-hybridized carbons (Fsp3) is 0.316. The molecule has 26 heavy (non-hydrogen) atoms. The minimum atomic E-state index is -0.912. The molecule has 2 N–H and O–H groups in total. The second kappa shape index (κ2) is 5.28. The second-order valence-electron chi connectivity index (χ2n) is 7.00. The topological polar surface area (TPSA) is 93.5 Å². The van der Waals surface area contributed by atoms with Crippen LogP contribution >= 0.6 is 0 Å². The molecule has 3 aliphatic rings. The smallest absolute Gasteiger partial charge is 0.269 e. The number of hydrogen-bond donors (Lipinski definition) is 2. The summed E-state index contributed by atoms with van der Waals surface area (Å²) >= 11 is 0. The van der Waals surface area contributed by atoms with Gasteiger partial charge in [0.1, 0.15) is 0 Å². The summed E-state index contributed by atoms with van der Waals surface area (Å²) in [5, 5.41) is 17.6. The number of amides is 1. The number of carbonyl (C=O) groups is 1. The van der Waals surface area contributed by atoms with Crippen LogP contribution in [0.15, 0.2) is 42.5 Å². The summed E-state index contributed by atoms with van der Waals surface area (Å²) in [5.41, 5.74) is 2.31. The Hall–Kier alpha value is -2.93. The number of fused-ring (bicyclic) bond motifs is 6. The number of nitro groups is 1. The zero-order valence-electron chi connectivity index (χ0n) is 13.9. The molecular weight excluding hydrogens is 334 g/mol. The first-order chi connectivity index (χ1) is 12.6. The van der Waals surface area contributed by atoms with Gasteiger partial charge in [0.05, 0.1) is 11.0 Å². The molecule has 0 radical (unpaired) electrons. The fourth-order valence-corrected chi connectivity index (χ4v) is 4.62. The van der Waals surface area contributed by atoms with Crippen LogP contribution in [0.3, 0.4) is 0 Å². The zero-order chi connectivity index (χ0) is 17.9. The van der Waals surface area contributed by atoms with Crippen molar-refractivity contribution in [3.8, 4) is 0 Å². The Bertz CT molecular complexity index is 944. The van der Waals surface area contributed by atoms with Crippen molar-refractivity contribution in [1.29, 1.82) is 0 Å². The van der Waals surface area contributed by atoms with Gasteiger partial charge in [-0.05, 0) is 25.0 Å². The van der Waals surface area contributed by atoms with Crippen molar-refractivity contribution < 1.29 is 14.5 Å². The SMILES string of the molecule is O=C1Nc2ccccc2C12Nc1ccc([N+](=O)[O-])cc1[C@H]1OCCC[C@H]12. The molecule has 1 saturated heterocycles. The molecule has 0 saturated carbocycles. The van der Waals surface area contributed by atoms with Gasteiger partial charge < -0.3 is 15.4 Å². The normalized spacial score (nSPS) is 28.5. The monoisotopic (exact) mass is 351 g/mol. The second-order valence-corrected chi connectivity index (χ2v) is 7.00. The Morgan fingerprint density at radius 2 is 2.04 bits per heavy atom. The maximum atomic E-state index is 13.1. The molecular formula is C19H17N3O4. The molecule has 3 aliphatic heterocycles. The molecule has 1 amide bonds. The van der Waals surface area contributed by atoms with Gasteiger partial charge in [0, 0.05) is 47.2 Å². The predicted octanol–water partition coefficient (Wildman–Crippen LogP) is 3.34. The van der Waals surface area contributed by atoms with E-state index in [0.29, 0.717) is 12.3 Å². The van der Waals surface area contributed by atoms with Crippen molar-refractivity contribution in [3.63, 3.8) is 0 Å². The molecule has 3 atom stereocenters. The molecule has 132 valence electrons. The Kier molecular flexibility index (Phi) is 3.12. The van der Waals surface area contributed by atoms with E-state index in [0.717, 1.165) is 29.7 Å². The minimum Gasteiger partial charge on any atom is -0.373 e. The first-order valence-electron chi connectivity index (χ1n) is 8.70. The Morgan fingerprint density at radius 1 is 1.19 bits per heavy atom. The summed E-state index contributed by atoms with van der Waals surface area (Å²) in [6.45, 7) is 0.586. The highest BCUT2D eigenvalue weighted by molar-refractivity contribution is 6.08. The Labute approximate surface area is 149 Å². The number of carbonyl (C=O) groups excluding carboxylic acids is 1. The summed E-state index contributed by atoms with van der Waals surface area (Å²) < 4.78 is 6.05. The van der Waals surface area contributed by atoms with Crippen molar-refractivity contribution in [2.45, 2.75) is 24.5 Å².